The molecule has 1 aromatic carbocycles. The Morgan fingerprint density at radius 1 is 0.982 bits per heavy atom. The van der Waals surface area contributed by atoms with Gasteiger partial charge >= 0.3 is 12.4 Å². The number of hydrogen-bond acceptors (Lipinski definition) is 10. The summed E-state index contributed by atoms with van der Waals surface area (Å²) in [7, 11) is 0. The molecule has 3 aliphatic rings. The number of pyridine rings is 1. The number of aromatic amines is 1. The first-order valence-corrected chi connectivity index (χ1v) is 17.6. The third-order valence-corrected chi connectivity index (χ3v) is 9.65. The molecule has 6 heterocycles. The van der Waals surface area contributed by atoms with Crippen molar-refractivity contribution in [1.82, 2.24) is 35.1 Å². The molecular weight excluding hydrogens is 744 g/mol. The van der Waals surface area contributed by atoms with E-state index in [-0.39, 0.29) is 36.2 Å². The van der Waals surface area contributed by atoms with Crippen LogP contribution in [-0.2, 0) is 11.0 Å². The van der Waals surface area contributed by atoms with Gasteiger partial charge < -0.3 is 5.32 Å². The number of rotatable bonds is 11. The zero-order chi connectivity index (χ0) is 39.8. The Balaban J connectivity index is 0.984. The molecule has 1 amide bonds. The number of nitrogens with one attached hydrogen (secondary N) is 2. The number of fused-ring (bicyclic) bond motifs is 2. The van der Waals surface area contributed by atoms with Gasteiger partial charge in [-0.3, -0.25) is 14.8 Å². The number of aryl methyl sites for hydroxylation is 1. The molecule has 56 heavy (non-hydrogen) atoms. The summed E-state index contributed by atoms with van der Waals surface area (Å²) in [6.45, 7) is 10.8. The number of hydrazone groups is 1. The largest absolute Gasteiger partial charge is 0.431 e. The molecule has 0 aliphatic carbocycles. The highest BCUT2D eigenvalue weighted by Crippen LogP contribution is 2.43. The average molecular weight is 778 g/mol. The SMILES string of the molecule is [C-]#[N+]c1ccc(N=C2N=C(CCCCCCCN3C(=O)CNc4ncc(-c5ccc(-c6ncn[nH]6)nc5C)nc43)N3N=C(C(F)(F)F)CC23C)cc1C(F)(F)F. The maximum Gasteiger partial charge on any atom is 0.431 e. The van der Waals surface area contributed by atoms with Crippen molar-refractivity contribution in [3.8, 4) is 22.8 Å². The number of aliphatic imine (C=N–C) groups is 2. The zero-order valence-electron chi connectivity index (χ0n) is 30.0. The summed E-state index contributed by atoms with van der Waals surface area (Å²) in [4.78, 5) is 44.3. The van der Waals surface area contributed by atoms with Gasteiger partial charge in [0, 0.05) is 30.6 Å². The maximum atomic E-state index is 13.8. The first-order chi connectivity index (χ1) is 26.7. The molecule has 7 rings (SSSR count). The third kappa shape index (κ3) is 7.52. The minimum absolute atomic E-state index is 0.0740. The second-order valence-electron chi connectivity index (χ2n) is 13.6. The molecule has 1 atom stereocenters. The minimum Gasteiger partial charge on any atom is -0.358 e. The Morgan fingerprint density at radius 2 is 1.77 bits per heavy atom. The Labute approximate surface area is 315 Å². The normalized spacial score (nSPS) is 18.8. The lowest BCUT2D eigenvalue weighted by Crippen LogP contribution is -2.43. The number of benzene rings is 1. The summed E-state index contributed by atoms with van der Waals surface area (Å²) in [6, 6.07) is 6.52. The number of alkyl halides is 6. The van der Waals surface area contributed by atoms with Crippen LogP contribution in [0.3, 0.4) is 0 Å². The van der Waals surface area contributed by atoms with E-state index in [9.17, 15) is 31.1 Å². The molecule has 3 aromatic heterocycles. The number of amidine groups is 2. The van der Waals surface area contributed by atoms with Crippen LogP contribution in [0.4, 0.5) is 49.4 Å². The van der Waals surface area contributed by atoms with Gasteiger partial charge in [-0.2, -0.15) is 36.5 Å². The number of carbonyl (C=O) groups excluding carboxylic acids is 1. The van der Waals surface area contributed by atoms with E-state index in [1.165, 1.54) is 24.3 Å². The van der Waals surface area contributed by atoms with Gasteiger partial charge in [0.2, 0.25) is 5.91 Å². The summed E-state index contributed by atoms with van der Waals surface area (Å²) in [5.41, 5.74) is -1.89. The molecule has 0 fully saturated rings. The van der Waals surface area contributed by atoms with Crippen molar-refractivity contribution >= 4 is 46.3 Å². The predicted molar refractivity (Wildman–Crippen MR) is 195 cm³/mol. The molecule has 2 N–H and O–H groups in total. The molecule has 20 heteroatoms. The molecule has 1 unspecified atom stereocenters. The lowest BCUT2D eigenvalue weighted by atomic mass is 9.94. The van der Waals surface area contributed by atoms with Gasteiger partial charge in [0.15, 0.2) is 29.0 Å². The fourth-order valence-corrected chi connectivity index (χ4v) is 6.78. The summed E-state index contributed by atoms with van der Waals surface area (Å²) in [5.74, 6) is 1.42. The predicted octanol–water partition coefficient (Wildman–Crippen LogP) is 7.83. The number of unbranched alkanes of at least 4 members (excludes halogenated alkanes) is 4. The van der Waals surface area contributed by atoms with Crippen molar-refractivity contribution in [3.05, 3.63) is 65.5 Å². The van der Waals surface area contributed by atoms with Crippen LogP contribution in [0, 0.1) is 13.5 Å². The van der Waals surface area contributed by atoms with Gasteiger partial charge in [0.1, 0.15) is 29.1 Å². The highest BCUT2D eigenvalue weighted by atomic mass is 19.4. The van der Waals surface area contributed by atoms with Crippen LogP contribution in [-0.4, -0.2) is 83.2 Å². The van der Waals surface area contributed by atoms with Crippen LogP contribution in [0.5, 0.6) is 0 Å². The van der Waals surface area contributed by atoms with E-state index in [1.54, 1.807) is 17.2 Å². The van der Waals surface area contributed by atoms with E-state index in [4.69, 9.17) is 11.6 Å². The quantitative estimate of drug-likeness (QED) is 0.0887. The van der Waals surface area contributed by atoms with Gasteiger partial charge in [-0.15, -0.1) is 0 Å². The summed E-state index contributed by atoms with van der Waals surface area (Å²) < 4.78 is 82.2. The summed E-state index contributed by atoms with van der Waals surface area (Å²) in [5, 5.41) is 14.7. The van der Waals surface area contributed by atoms with Crippen molar-refractivity contribution < 1.29 is 31.1 Å². The lowest BCUT2D eigenvalue weighted by Gasteiger charge is -2.28. The molecule has 4 aromatic rings. The average Bonchev–Trinajstić information content (AvgIpc) is 3.88. The first kappa shape index (κ1) is 38.0. The number of carbonyl (C=O) groups is 1. The Kier molecular flexibility index (Phi) is 10.0. The molecule has 0 radical (unpaired) electrons. The highest BCUT2D eigenvalue weighted by molar-refractivity contribution is 6.14. The highest BCUT2D eigenvalue weighted by Gasteiger charge is 2.55. The minimum atomic E-state index is -4.83. The fourth-order valence-electron chi connectivity index (χ4n) is 6.78. The molecule has 14 nitrogen and oxygen atoms in total. The van der Waals surface area contributed by atoms with Crippen LogP contribution in [0.2, 0.25) is 0 Å². The monoisotopic (exact) mass is 777 g/mol. The van der Waals surface area contributed by atoms with Gasteiger partial charge in [-0.25, -0.2) is 39.8 Å². The van der Waals surface area contributed by atoms with Gasteiger partial charge in [-0.1, -0.05) is 25.3 Å². The molecule has 0 bridgehead atoms. The van der Waals surface area contributed by atoms with Crippen LogP contribution in [0.1, 0.15) is 63.1 Å². The first-order valence-electron chi connectivity index (χ1n) is 17.6. The van der Waals surface area contributed by atoms with E-state index in [0.717, 1.165) is 24.5 Å². The second kappa shape index (κ2) is 14.8. The van der Waals surface area contributed by atoms with Crippen molar-refractivity contribution in [1.29, 1.82) is 0 Å². The van der Waals surface area contributed by atoms with Gasteiger partial charge in [-0.05, 0) is 51.0 Å². The third-order valence-electron chi connectivity index (χ3n) is 9.65. The lowest BCUT2D eigenvalue weighted by molar-refractivity contribution is -0.136. The second-order valence-corrected chi connectivity index (χ2v) is 13.6. The van der Waals surface area contributed by atoms with E-state index < -0.39 is 41.3 Å². The van der Waals surface area contributed by atoms with E-state index in [0.29, 0.717) is 66.4 Å². The topological polar surface area (TPSA) is 157 Å². The van der Waals surface area contributed by atoms with Gasteiger partial charge in [0.05, 0.1) is 36.3 Å². The Morgan fingerprint density at radius 3 is 2.48 bits per heavy atom. The van der Waals surface area contributed by atoms with Crippen LogP contribution in [0.25, 0.3) is 27.6 Å². The van der Waals surface area contributed by atoms with Crippen molar-refractivity contribution in [2.45, 2.75) is 76.7 Å². The number of H-pyrrole nitrogens is 1. The molecule has 0 saturated carbocycles. The molecular formula is C36H33F6N13O. The van der Waals surface area contributed by atoms with Crippen LogP contribution >= 0.6 is 0 Å². The number of aromatic nitrogens is 6. The number of halogens is 6. The van der Waals surface area contributed by atoms with E-state index in [2.05, 4.69) is 50.4 Å². The van der Waals surface area contributed by atoms with Crippen molar-refractivity contribution in [2.75, 3.05) is 23.3 Å². The van der Waals surface area contributed by atoms with Crippen molar-refractivity contribution in [2.24, 2.45) is 15.1 Å². The molecule has 0 saturated heterocycles. The molecule has 290 valence electrons. The summed E-state index contributed by atoms with van der Waals surface area (Å²) in [6.07, 6.45) is -3.49. The van der Waals surface area contributed by atoms with E-state index in [1.807, 2.05) is 13.0 Å². The standard InChI is InChI=1S/C36H33F6N13O/c1-20-22(11-13-25(48-20)30-46-19-47-52-30)26-17-44-31-32(50-26)54(29(56)18-45-31)14-8-6-4-5-7-9-28-51-33(34(2)16-27(36(40,41)42)53-55(28)34)49-21-10-12-24(43-3)23(15-21)35(37,38)39/h10-13,15,17,19H,4-9,14,16,18H2,1-2H3,(H,44,45)(H,46,47,52). The van der Waals surface area contributed by atoms with Crippen LogP contribution < -0.4 is 10.2 Å². The number of anilines is 2. The zero-order valence-corrected chi connectivity index (χ0v) is 30.0. The number of hydrogen-bond donors (Lipinski definition) is 2. The summed E-state index contributed by atoms with van der Waals surface area (Å²) >= 11 is 0. The number of nitrogens with zero attached hydrogens (tertiary/aromatic N) is 11. The number of amides is 1. The fraction of sp³-hybridized carbons (Fsp3) is 0.389. The molecule has 3 aliphatic heterocycles. The van der Waals surface area contributed by atoms with E-state index >= 15 is 0 Å². The maximum absolute atomic E-state index is 13.8. The Hall–Kier alpha value is -6.26. The smallest absolute Gasteiger partial charge is 0.358 e. The molecule has 0 spiro atoms. The van der Waals surface area contributed by atoms with Crippen molar-refractivity contribution in [3.63, 3.8) is 0 Å². The Bertz CT molecular complexity index is 2300. The van der Waals surface area contributed by atoms with Crippen LogP contribution in [0.15, 0.2) is 57.9 Å². The van der Waals surface area contributed by atoms with Gasteiger partial charge in [0.25, 0.3) is 0 Å².